The minimum absolute atomic E-state index is 0.437. The van der Waals surface area contributed by atoms with Gasteiger partial charge in [0.15, 0.2) is 0 Å². The van der Waals surface area contributed by atoms with E-state index in [0.717, 1.165) is 18.8 Å². The number of aliphatic hydroxyl groups excluding tert-OH is 1. The number of ether oxygens (including phenoxy) is 1. The van der Waals surface area contributed by atoms with Crippen molar-refractivity contribution in [3.63, 3.8) is 0 Å². The van der Waals surface area contributed by atoms with Crippen LogP contribution in [-0.2, 0) is 0 Å². The van der Waals surface area contributed by atoms with E-state index in [4.69, 9.17) is 4.74 Å². The van der Waals surface area contributed by atoms with E-state index >= 15 is 0 Å². The Morgan fingerprint density at radius 3 is 2.76 bits per heavy atom. The second-order valence-corrected chi connectivity index (χ2v) is 4.69. The molecule has 2 rings (SSSR count). The maximum Gasteiger partial charge on any atom is 0.238 e. The lowest BCUT2D eigenvalue weighted by molar-refractivity contribution is 0.147. The summed E-state index contributed by atoms with van der Waals surface area (Å²) in [6.45, 7) is 0. The smallest absolute Gasteiger partial charge is 0.238 e. The van der Waals surface area contributed by atoms with Crippen LogP contribution in [0.1, 0.15) is 50.3 Å². The van der Waals surface area contributed by atoms with Gasteiger partial charge in [0.25, 0.3) is 0 Å². The highest BCUT2D eigenvalue weighted by atomic mass is 16.5. The van der Waals surface area contributed by atoms with Gasteiger partial charge in [-0.25, -0.2) is 4.98 Å². The molecule has 0 spiro atoms. The molecule has 0 aromatic carbocycles. The van der Waals surface area contributed by atoms with Crippen LogP contribution < -0.4 is 4.74 Å². The zero-order valence-electron chi connectivity index (χ0n) is 10.3. The highest BCUT2D eigenvalue weighted by Crippen LogP contribution is 2.32. The molecule has 1 atom stereocenters. The molecule has 1 aromatic heterocycles. The summed E-state index contributed by atoms with van der Waals surface area (Å²) in [5.74, 6) is 1.22. The fourth-order valence-electron chi connectivity index (χ4n) is 2.55. The number of nitrogens with zero attached hydrogens (tertiary/aromatic N) is 2. The van der Waals surface area contributed by atoms with Gasteiger partial charge >= 0.3 is 0 Å². The van der Waals surface area contributed by atoms with E-state index in [2.05, 4.69) is 9.97 Å². The Morgan fingerprint density at radius 2 is 2.06 bits per heavy atom. The van der Waals surface area contributed by atoms with Crippen molar-refractivity contribution in [3.05, 3.63) is 18.1 Å². The van der Waals surface area contributed by atoms with Gasteiger partial charge in [0.1, 0.15) is 11.8 Å². The van der Waals surface area contributed by atoms with Gasteiger partial charge in [0.05, 0.1) is 7.11 Å². The Hall–Kier alpha value is -1.16. The first-order valence-electron chi connectivity index (χ1n) is 6.34. The number of methoxy groups -OCH3 is 1. The van der Waals surface area contributed by atoms with E-state index in [0.29, 0.717) is 11.6 Å². The molecule has 0 amide bonds. The highest BCUT2D eigenvalue weighted by molar-refractivity contribution is 5.19. The average Bonchev–Trinajstić information content (AvgIpc) is 2.89. The number of hydrogen-bond donors (Lipinski definition) is 1. The topological polar surface area (TPSA) is 55.2 Å². The van der Waals surface area contributed by atoms with Crippen LogP contribution in [0.2, 0.25) is 0 Å². The molecule has 0 saturated heterocycles. The summed E-state index contributed by atoms with van der Waals surface area (Å²) in [4.78, 5) is 8.21. The number of aliphatic hydroxyl groups is 1. The van der Waals surface area contributed by atoms with E-state index in [1.807, 2.05) is 0 Å². The zero-order chi connectivity index (χ0) is 12.1. The first kappa shape index (κ1) is 12.3. The van der Waals surface area contributed by atoms with Gasteiger partial charge in [-0.2, -0.15) is 0 Å². The summed E-state index contributed by atoms with van der Waals surface area (Å²) in [6.07, 6.45) is 9.74. The lowest BCUT2D eigenvalue weighted by Gasteiger charge is -2.14. The minimum atomic E-state index is -0.556. The van der Waals surface area contributed by atoms with Gasteiger partial charge in [-0.1, -0.05) is 25.7 Å². The molecular weight excluding hydrogens is 216 g/mol. The molecule has 1 fully saturated rings. The van der Waals surface area contributed by atoms with Crippen molar-refractivity contribution in [2.24, 2.45) is 5.92 Å². The summed E-state index contributed by atoms with van der Waals surface area (Å²) in [5.41, 5.74) is 0.563. The number of rotatable bonds is 5. The first-order valence-corrected chi connectivity index (χ1v) is 6.34. The Bertz CT molecular complexity index is 351. The van der Waals surface area contributed by atoms with Crippen molar-refractivity contribution in [1.29, 1.82) is 0 Å². The van der Waals surface area contributed by atoms with E-state index in [9.17, 15) is 5.11 Å². The van der Waals surface area contributed by atoms with Crippen molar-refractivity contribution in [2.45, 2.75) is 44.6 Å². The second-order valence-electron chi connectivity index (χ2n) is 4.69. The van der Waals surface area contributed by atoms with E-state index in [1.165, 1.54) is 25.7 Å². The van der Waals surface area contributed by atoms with Crippen LogP contribution >= 0.6 is 0 Å². The molecule has 0 radical (unpaired) electrons. The molecule has 0 bridgehead atoms. The molecule has 1 aliphatic carbocycles. The largest absolute Gasteiger partial charge is 0.480 e. The molecule has 1 unspecified atom stereocenters. The Kier molecular flexibility index (Phi) is 4.31. The average molecular weight is 236 g/mol. The molecule has 1 saturated carbocycles. The lowest BCUT2D eigenvalue weighted by atomic mass is 9.98. The Morgan fingerprint density at radius 1 is 1.35 bits per heavy atom. The monoisotopic (exact) mass is 236 g/mol. The van der Waals surface area contributed by atoms with Crippen LogP contribution in [0.3, 0.4) is 0 Å². The molecule has 4 heteroatoms. The normalized spacial score (nSPS) is 18.2. The van der Waals surface area contributed by atoms with Gasteiger partial charge in [-0.05, 0) is 18.8 Å². The maximum absolute atomic E-state index is 10.1. The van der Waals surface area contributed by atoms with Crippen LogP contribution in [0.15, 0.2) is 12.4 Å². The fraction of sp³-hybridized carbons (Fsp3) is 0.692. The van der Waals surface area contributed by atoms with Crippen molar-refractivity contribution < 1.29 is 9.84 Å². The Labute approximate surface area is 102 Å². The third kappa shape index (κ3) is 3.16. The van der Waals surface area contributed by atoms with Gasteiger partial charge in [-0.3, -0.25) is 4.98 Å². The molecule has 1 aliphatic rings. The molecule has 1 aromatic rings. The van der Waals surface area contributed by atoms with E-state index in [1.54, 1.807) is 19.5 Å². The van der Waals surface area contributed by atoms with Crippen molar-refractivity contribution in [2.75, 3.05) is 7.11 Å². The van der Waals surface area contributed by atoms with Crippen molar-refractivity contribution in [1.82, 2.24) is 9.97 Å². The molecule has 1 N–H and O–H groups in total. The third-order valence-corrected chi connectivity index (χ3v) is 3.52. The van der Waals surface area contributed by atoms with Gasteiger partial charge in [0, 0.05) is 12.4 Å². The number of aromatic nitrogens is 2. The molecule has 0 aliphatic heterocycles. The fourth-order valence-corrected chi connectivity index (χ4v) is 2.55. The predicted molar refractivity (Wildman–Crippen MR) is 64.7 cm³/mol. The summed E-state index contributed by atoms with van der Waals surface area (Å²) in [6, 6.07) is 0. The lowest BCUT2D eigenvalue weighted by Crippen LogP contribution is -2.06. The summed E-state index contributed by atoms with van der Waals surface area (Å²) in [5, 5.41) is 10.1. The summed E-state index contributed by atoms with van der Waals surface area (Å²) < 4.78 is 5.10. The van der Waals surface area contributed by atoms with Gasteiger partial charge in [0.2, 0.25) is 5.88 Å². The molecule has 17 heavy (non-hydrogen) atoms. The quantitative estimate of drug-likeness (QED) is 0.853. The molecule has 94 valence electrons. The van der Waals surface area contributed by atoms with Crippen LogP contribution in [-0.4, -0.2) is 22.2 Å². The van der Waals surface area contributed by atoms with Crippen LogP contribution in [0.25, 0.3) is 0 Å². The van der Waals surface area contributed by atoms with Crippen molar-refractivity contribution >= 4 is 0 Å². The minimum Gasteiger partial charge on any atom is -0.480 e. The van der Waals surface area contributed by atoms with Crippen LogP contribution in [0.4, 0.5) is 0 Å². The highest BCUT2D eigenvalue weighted by Gasteiger charge is 2.20. The molecular formula is C13H20N2O2. The van der Waals surface area contributed by atoms with Crippen molar-refractivity contribution in [3.8, 4) is 5.88 Å². The van der Waals surface area contributed by atoms with Gasteiger partial charge in [-0.15, -0.1) is 0 Å². The van der Waals surface area contributed by atoms with Crippen LogP contribution in [0.5, 0.6) is 5.88 Å². The van der Waals surface area contributed by atoms with E-state index in [-0.39, 0.29) is 0 Å². The third-order valence-electron chi connectivity index (χ3n) is 3.52. The Balaban J connectivity index is 1.91. The standard InChI is InChI=1S/C13H20N2O2/c1-17-13-12(14-8-9-15-13)11(16)7-6-10-4-2-3-5-10/h8-11,16H,2-7H2,1H3. The first-order chi connectivity index (χ1) is 8.31. The summed E-state index contributed by atoms with van der Waals surface area (Å²) >= 11 is 0. The molecule has 4 nitrogen and oxygen atoms in total. The zero-order valence-corrected chi connectivity index (χ0v) is 10.3. The van der Waals surface area contributed by atoms with Crippen LogP contribution in [0, 0.1) is 5.92 Å². The SMILES string of the molecule is COc1nccnc1C(O)CCC1CCCC1. The van der Waals surface area contributed by atoms with Gasteiger partial charge < -0.3 is 9.84 Å². The van der Waals surface area contributed by atoms with E-state index < -0.39 is 6.10 Å². The number of hydrogen-bond acceptors (Lipinski definition) is 4. The summed E-state index contributed by atoms with van der Waals surface area (Å²) in [7, 11) is 1.55. The predicted octanol–water partition coefficient (Wildman–Crippen LogP) is 2.49. The molecule has 1 heterocycles. The maximum atomic E-state index is 10.1. The second kappa shape index (κ2) is 5.96.